The van der Waals surface area contributed by atoms with Gasteiger partial charge in [-0.25, -0.2) is 0 Å². The molecule has 0 aromatic heterocycles. The minimum absolute atomic E-state index is 0.0510. The lowest BCUT2D eigenvalue weighted by molar-refractivity contribution is -0.692. The highest BCUT2D eigenvalue weighted by molar-refractivity contribution is 5.95. The quantitative estimate of drug-likeness (QED) is 0.683. The molecule has 1 atom stereocenters. The number of benzene rings is 2. The minimum Gasteiger partial charge on any atom is -0.345 e. The van der Waals surface area contributed by atoms with Crippen molar-refractivity contribution in [3.05, 3.63) is 65.2 Å². The Morgan fingerprint density at radius 2 is 1.62 bits per heavy atom. The van der Waals surface area contributed by atoms with Gasteiger partial charge >= 0.3 is 0 Å². The molecule has 3 N–H and O–H groups in total. The van der Waals surface area contributed by atoms with Crippen LogP contribution < -0.4 is 10.6 Å². The lowest BCUT2D eigenvalue weighted by Gasteiger charge is -2.20. The third-order valence-corrected chi connectivity index (χ3v) is 5.00. The number of nitrogens with one attached hydrogen (secondary N) is 1. The van der Waals surface area contributed by atoms with Crippen LogP contribution >= 0.6 is 0 Å². The van der Waals surface area contributed by atoms with Crippen LogP contribution in [0.1, 0.15) is 54.7 Å². The lowest BCUT2D eigenvalue weighted by Crippen LogP contribution is -2.88. The zero-order chi connectivity index (χ0) is 21.4. The van der Waals surface area contributed by atoms with Gasteiger partial charge in [-0.3, -0.25) is 9.59 Å². The van der Waals surface area contributed by atoms with Crippen molar-refractivity contribution in [3.63, 3.8) is 0 Å². The van der Waals surface area contributed by atoms with Crippen LogP contribution in [-0.4, -0.2) is 37.4 Å². The van der Waals surface area contributed by atoms with E-state index in [1.54, 1.807) is 38.4 Å². The van der Waals surface area contributed by atoms with E-state index < -0.39 is 0 Å². The molecule has 2 rings (SSSR count). The zero-order valence-electron chi connectivity index (χ0n) is 18.2. The summed E-state index contributed by atoms with van der Waals surface area (Å²) >= 11 is 0. The van der Waals surface area contributed by atoms with Gasteiger partial charge in [0.2, 0.25) is 0 Å². The molecule has 156 valence electrons. The highest BCUT2D eigenvalue weighted by Crippen LogP contribution is 2.18. The summed E-state index contributed by atoms with van der Waals surface area (Å²) in [5.41, 5.74) is 3.90. The van der Waals surface area contributed by atoms with E-state index in [4.69, 9.17) is 0 Å². The van der Waals surface area contributed by atoms with Gasteiger partial charge in [0.15, 0.2) is 6.54 Å². The van der Waals surface area contributed by atoms with E-state index in [9.17, 15) is 9.59 Å². The molecule has 0 spiro atoms. The summed E-state index contributed by atoms with van der Waals surface area (Å²) in [7, 11) is 3.44. The summed E-state index contributed by atoms with van der Waals surface area (Å²) in [6.07, 6.45) is 2.24. The molecule has 0 aliphatic carbocycles. The van der Waals surface area contributed by atoms with Gasteiger partial charge in [-0.15, -0.1) is 0 Å². The van der Waals surface area contributed by atoms with Crippen molar-refractivity contribution >= 4 is 17.5 Å². The fourth-order valence-corrected chi connectivity index (χ4v) is 3.39. The van der Waals surface area contributed by atoms with E-state index in [2.05, 4.69) is 55.7 Å². The number of carbonyl (C=O) groups is 2. The minimum atomic E-state index is -0.0547. The third-order valence-electron chi connectivity index (χ3n) is 5.00. The van der Waals surface area contributed by atoms with Crippen LogP contribution in [0.4, 0.5) is 5.69 Å². The number of hydrogen-bond donors (Lipinski definition) is 2. The van der Waals surface area contributed by atoms with Crippen molar-refractivity contribution in [1.82, 2.24) is 4.90 Å². The Kier molecular flexibility index (Phi) is 8.40. The van der Waals surface area contributed by atoms with Crippen LogP contribution in [0, 0.1) is 5.92 Å². The first-order valence-electron chi connectivity index (χ1n) is 10.4. The molecule has 2 aromatic carbocycles. The Hall–Kier alpha value is -2.66. The van der Waals surface area contributed by atoms with Gasteiger partial charge in [0.25, 0.3) is 11.8 Å². The molecule has 5 heteroatoms. The van der Waals surface area contributed by atoms with Crippen LogP contribution in [0.3, 0.4) is 0 Å². The Labute approximate surface area is 174 Å². The maximum absolute atomic E-state index is 12.4. The summed E-state index contributed by atoms with van der Waals surface area (Å²) in [5, 5.41) is 5.01. The van der Waals surface area contributed by atoms with Gasteiger partial charge in [-0.1, -0.05) is 51.5 Å². The fourth-order valence-electron chi connectivity index (χ4n) is 3.39. The average Bonchev–Trinajstić information content (AvgIpc) is 2.69. The molecule has 0 aliphatic rings. The topological polar surface area (TPSA) is 66.0 Å². The summed E-state index contributed by atoms with van der Waals surface area (Å²) in [6, 6.07) is 16.0. The Balaban J connectivity index is 1.94. The van der Waals surface area contributed by atoms with Crippen molar-refractivity contribution in [1.29, 1.82) is 0 Å². The maximum atomic E-state index is 12.4. The first-order valence-corrected chi connectivity index (χ1v) is 10.4. The first kappa shape index (κ1) is 22.6. The van der Waals surface area contributed by atoms with Crippen molar-refractivity contribution in [3.8, 4) is 0 Å². The van der Waals surface area contributed by atoms with E-state index >= 15 is 0 Å². The average molecular weight is 397 g/mol. The van der Waals surface area contributed by atoms with E-state index in [1.807, 2.05) is 0 Å². The van der Waals surface area contributed by atoms with Gasteiger partial charge in [-0.2, -0.15) is 0 Å². The SMILES string of the molecule is CCCc1ccc([C@H]([NH2+]CC(=O)Nc2ccc(C(=O)N(C)C)cc2)C(C)C)cc1. The summed E-state index contributed by atoms with van der Waals surface area (Å²) in [5.74, 6) is 0.307. The first-order chi connectivity index (χ1) is 13.8. The van der Waals surface area contributed by atoms with Gasteiger partial charge in [0, 0.05) is 36.8 Å². The summed E-state index contributed by atoms with van der Waals surface area (Å²) < 4.78 is 0. The van der Waals surface area contributed by atoms with Crippen molar-refractivity contribution in [2.75, 3.05) is 26.0 Å². The summed E-state index contributed by atoms with van der Waals surface area (Å²) in [6.45, 7) is 6.89. The number of carbonyl (C=O) groups excluding carboxylic acids is 2. The Morgan fingerprint density at radius 1 is 1.00 bits per heavy atom. The number of hydrogen-bond acceptors (Lipinski definition) is 2. The van der Waals surface area contributed by atoms with E-state index in [1.165, 1.54) is 16.0 Å². The molecular formula is C24H34N3O2+. The molecule has 2 aromatic rings. The second kappa shape index (κ2) is 10.8. The van der Waals surface area contributed by atoms with Gasteiger partial charge in [-0.05, 0) is 36.2 Å². The molecule has 0 aliphatic heterocycles. The Bertz CT molecular complexity index is 796. The smallest absolute Gasteiger partial charge is 0.279 e. The number of amides is 2. The standard InChI is InChI=1S/C24H33N3O2/c1-6-7-18-8-10-19(11-9-18)23(17(2)3)25-16-22(28)26-21-14-12-20(13-15-21)24(29)27(4)5/h8-15,17,23,25H,6-7,16H2,1-5H3,(H,26,28)/p+1/t23-/m1/s1. The van der Waals surface area contributed by atoms with Gasteiger partial charge in [0.1, 0.15) is 6.04 Å². The van der Waals surface area contributed by atoms with Crippen LogP contribution in [0.25, 0.3) is 0 Å². The second-order valence-electron chi connectivity index (χ2n) is 8.03. The lowest BCUT2D eigenvalue weighted by atomic mass is 9.94. The van der Waals surface area contributed by atoms with Crippen molar-refractivity contribution in [2.45, 2.75) is 39.7 Å². The predicted molar refractivity (Wildman–Crippen MR) is 118 cm³/mol. The number of nitrogens with zero attached hydrogens (tertiary/aromatic N) is 1. The van der Waals surface area contributed by atoms with E-state index in [0.29, 0.717) is 23.7 Å². The molecule has 2 amide bonds. The van der Waals surface area contributed by atoms with E-state index in [0.717, 1.165) is 12.8 Å². The number of aryl methyl sites for hydroxylation is 1. The summed E-state index contributed by atoms with van der Waals surface area (Å²) in [4.78, 5) is 25.9. The largest absolute Gasteiger partial charge is 0.345 e. The number of quaternary nitrogens is 1. The number of anilines is 1. The van der Waals surface area contributed by atoms with Crippen molar-refractivity contribution in [2.24, 2.45) is 5.92 Å². The van der Waals surface area contributed by atoms with Crippen LogP contribution in [-0.2, 0) is 11.2 Å². The molecule has 0 bridgehead atoms. The van der Waals surface area contributed by atoms with Crippen LogP contribution in [0.15, 0.2) is 48.5 Å². The predicted octanol–water partition coefficient (Wildman–Crippen LogP) is 3.24. The Morgan fingerprint density at radius 3 is 2.14 bits per heavy atom. The van der Waals surface area contributed by atoms with Gasteiger partial charge in [0.05, 0.1) is 0 Å². The molecule has 0 radical (unpaired) electrons. The number of nitrogens with two attached hydrogens (primary N) is 1. The van der Waals surface area contributed by atoms with Gasteiger partial charge < -0.3 is 15.5 Å². The monoisotopic (exact) mass is 396 g/mol. The third kappa shape index (κ3) is 6.71. The normalized spacial score (nSPS) is 11.9. The molecular weight excluding hydrogens is 362 g/mol. The molecule has 0 saturated heterocycles. The highest BCUT2D eigenvalue weighted by atomic mass is 16.2. The molecule has 0 heterocycles. The molecule has 5 nitrogen and oxygen atoms in total. The van der Waals surface area contributed by atoms with Crippen LogP contribution in [0.5, 0.6) is 0 Å². The highest BCUT2D eigenvalue weighted by Gasteiger charge is 2.20. The second-order valence-corrected chi connectivity index (χ2v) is 8.03. The fraction of sp³-hybridized carbons (Fsp3) is 0.417. The maximum Gasteiger partial charge on any atom is 0.279 e. The van der Waals surface area contributed by atoms with E-state index in [-0.39, 0.29) is 17.9 Å². The molecule has 0 fully saturated rings. The van der Waals surface area contributed by atoms with Crippen molar-refractivity contribution < 1.29 is 14.9 Å². The zero-order valence-corrected chi connectivity index (χ0v) is 18.2. The molecule has 29 heavy (non-hydrogen) atoms. The molecule has 0 unspecified atom stereocenters. The van der Waals surface area contributed by atoms with Crippen LogP contribution in [0.2, 0.25) is 0 Å². The molecule has 0 saturated carbocycles. The number of rotatable bonds is 9.